The summed E-state index contributed by atoms with van der Waals surface area (Å²) in [5.74, 6) is 1.28. The van der Waals surface area contributed by atoms with E-state index in [1.54, 1.807) is 0 Å². The standard InChI is InChI=1S/C16H25NO2/c1-15(2,3)13-6-4-5-7-14(13)19-11-16(17,10-18)12-8-9-12/h4-7,12,18H,8-11,17H2,1-3H3. The molecule has 2 rings (SSSR count). The molecule has 0 heterocycles. The third-order valence-corrected chi connectivity index (χ3v) is 3.88. The van der Waals surface area contributed by atoms with Gasteiger partial charge in [-0.25, -0.2) is 0 Å². The molecule has 106 valence electrons. The fourth-order valence-corrected chi connectivity index (χ4v) is 2.38. The van der Waals surface area contributed by atoms with Crippen LogP contribution in [-0.4, -0.2) is 23.9 Å². The van der Waals surface area contributed by atoms with Crippen LogP contribution in [0.25, 0.3) is 0 Å². The molecule has 3 N–H and O–H groups in total. The van der Waals surface area contributed by atoms with Gasteiger partial charge in [0.2, 0.25) is 0 Å². The Morgan fingerprint density at radius 1 is 1.26 bits per heavy atom. The van der Waals surface area contributed by atoms with E-state index in [0.717, 1.165) is 18.6 Å². The topological polar surface area (TPSA) is 55.5 Å². The predicted molar refractivity (Wildman–Crippen MR) is 77.4 cm³/mol. The van der Waals surface area contributed by atoms with Crippen molar-refractivity contribution in [2.75, 3.05) is 13.2 Å². The summed E-state index contributed by atoms with van der Waals surface area (Å²) in [5, 5.41) is 9.50. The van der Waals surface area contributed by atoms with E-state index in [2.05, 4.69) is 26.8 Å². The molecule has 19 heavy (non-hydrogen) atoms. The second-order valence-electron chi connectivity index (χ2n) is 6.70. The maximum atomic E-state index is 9.50. The lowest BCUT2D eigenvalue weighted by molar-refractivity contribution is 0.115. The van der Waals surface area contributed by atoms with Crippen LogP contribution in [0, 0.1) is 5.92 Å². The van der Waals surface area contributed by atoms with Gasteiger partial charge in [-0.05, 0) is 35.8 Å². The van der Waals surface area contributed by atoms with E-state index < -0.39 is 5.54 Å². The van der Waals surface area contributed by atoms with Crippen molar-refractivity contribution < 1.29 is 9.84 Å². The molecule has 3 nitrogen and oxygen atoms in total. The van der Waals surface area contributed by atoms with Crippen molar-refractivity contribution in [3.8, 4) is 5.75 Å². The summed E-state index contributed by atoms with van der Waals surface area (Å²) in [7, 11) is 0. The van der Waals surface area contributed by atoms with Gasteiger partial charge in [-0.2, -0.15) is 0 Å². The van der Waals surface area contributed by atoms with Gasteiger partial charge < -0.3 is 15.6 Å². The Morgan fingerprint density at radius 2 is 1.89 bits per heavy atom. The highest BCUT2D eigenvalue weighted by atomic mass is 16.5. The van der Waals surface area contributed by atoms with Crippen LogP contribution >= 0.6 is 0 Å². The van der Waals surface area contributed by atoms with Gasteiger partial charge in [-0.3, -0.25) is 0 Å². The lowest BCUT2D eigenvalue weighted by atomic mass is 9.86. The van der Waals surface area contributed by atoms with Crippen LogP contribution in [0.3, 0.4) is 0 Å². The zero-order valence-corrected chi connectivity index (χ0v) is 12.1. The molecule has 0 saturated heterocycles. The zero-order chi connectivity index (χ0) is 14.1. The Balaban J connectivity index is 2.11. The fraction of sp³-hybridized carbons (Fsp3) is 0.625. The summed E-state index contributed by atoms with van der Waals surface area (Å²) < 4.78 is 5.94. The number of para-hydroxylation sites is 1. The largest absolute Gasteiger partial charge is 0.491 e. The SMILES string of the molecule is CC(C)(C)c1ccccc1OCC(N)(CO)C1CC1. The molecular formula is C16H25NO2. The molecule has 0 radical (unpaired) electrons. The Hall–Kier alpha value is -1.06. The molecule has 1 aromatic carbocycles. The summed E-state index contributed by atoms with van der Waals surface area (Å²) in [6.07, 6.45) is 2.20. The van der Waals surface area contributed by atoms with Gasteiger partial charge in [0.25, 0.3) is 0 Å². The highest BCUT2D eigenvalue weighted by molar-refractivity contribution is 5.38. The van der Waals surface area contributed by atoms with Gasteiger partial charge in [0.1, 0.15) is 12.4 Å². The molecule has 0 spiro atoms. The third-order valence-electron chi connectivity index (χ3n) is 3.88. The lowest BCUT2D eigenvalue weighted by Gasteiger charge is -2.29. The van der Waals surface area contributed by atoms with Gasteiger partial charge in [0.05, 0.1) is 12.1 Å². The second-order valence-corrected chi connectivity index (χ2v) is 6.70. The smallest absolute Gasteiger partial charge is 0.123 e. The van der Waals surface area contributed by atoms with Crippen molar-refractivity contribution in [1.29, 1.82) is 0 Å². The molecule has 1 fully saturated rings. The van der Waals surface area contributed by atoms with Crippen LogP contribution < -0.4 is 10.5 Å². The highest BCUT2D eigenvalue weighted by Gasteiger charge is 2.42. The Bertz CT molecular complexity index is 435. The summed E-state index contributed by atoms with van der Waals surface area (Å²) in [4.78, 5) is 0. The van der Waals surface area contributed by atoms with Crippen LogP contribution in [0.1, 0.15) is 39.2 Å². The second kappa shape index (κ2) is 5.14. The van der Waals surface area contributed by atoms with Crippen LogP contribution in [0.5, 0.6) is 5.75 Å². The van der Waals surface area contributed by atoms with Crippen molar-refractivity contribution in [2.24, 2.45) is 11.7 Å². The minimum absolute atomic E-state index is 0.0185. The number of hydrogen-bond donors (Lipinski definition) is 2. The van der Waals surface area contributed by atoms with E-state index in [0.29, 0.717) is 12.5 Å². The molecule has 1 aromatic rings. The lowest BCUT2D eigenvalue weighted by Crippen LogP contribution is -2.51. The van der Waals surface area contributed by atoms with E-state index in [1.807, 2.05) is 18.2 Å². The number of nitrogens with two attached hydrogens (primary N) is 1. The van der Waals surface area contributed by atoms with Crippen molar-refractivity contribution >= 4 is 0 Å². The quantitative estimate of drug-likeness (QED) is 0.858. The summed E-state index contributed by atoms with van der Waals surface area (Å²) in [5.41, 5.74) is 6.85. The number of rotatable bonds is 5. The van der Waals surface area contributed by atoms with Crippen molar-refractivity contribution in [1.82, 2.24) is 0 Å². The van der Waals surface area contributed by atoms with E-state index in [1.165, 1.54) is 5.56 Å². The van der Waals surface area contributed by atoms with Crippen molar-refractivity contribution in [3.05, 3.63) is 29.8 Å². The zero-order valence-electron chi connectivity index (χ0n) is 12.1. The van der Waals surface area contributed by atoms with Crippen LogP contribution in [0.4, 0.5) is 0 Å². The minimum atomic E-state index is -0.592. The molecule has 3 heteroatoms. The van der Waals surface area contributed by atoms with Crippen LogP contribution in [0.15, 0.2) is 24.3 Å². The molecule has 1 atom stereocenters. The van der Waals surface area contributed by atoms with Gasteiger partial charge in [0.15, 0.2) is 0 Å². The summed E-state index contributed by atoms with van der Waals surface area (Å²) in [6, 6.07) is 8.06. The first kappa shape index (κ1) is 14.4. The molecule has 0 bridgehead atoms. The van der Waals surface area contributed by atoms with Crippen molar-refractivity contribution in [2.45, 2.75) is 44.6 Å². The maximum absolute atomic E-state index is 9.50. The van der Waals surface area contributed by atoms with E-state index in [9.17, 15) is 5.11 Å². The monoisotopic (exact) mass is 263 g/mol. The predicted octanol–water partition coefficient (Wildman–Crippen LogP) is 2.46. The molecule has 1 unspecified atom stereocenters. The molecule has 1 saturated carbocycles. The number of aliphatic hydroxyl groups excluding tert-OH is 1. The van der Waals surface area contributed by atoms with Gasteiger partial charge >= 0.3 is 0 Å². The van der Waals surface area contributed by atoms with E-state index in [4.69, 9.17) is 10.5 Å². The average Bonchev–Trinajstić information content (AvgIpc) is 3.20. The first-order valence-electron chi connectivity index (χ1n) is 6.99. The molecule has 0 aromatic heterocycles. The molecule has 1 aliphatic rings. The number of ether oxygens (including phenoxy) is 1. The van der Waals surface area contributed by atoms with Crippen molar-refractivity contribution in [3.63, 3.8) is 0 Å². The number of benzene rings is 1. The van der Waals surface area contributed by atoms with E-state index >= 15 is 0 Å². The molecule has 0 aliphatic heterocycles. The van der Waals surface area contributed by atoms with Gasteiger partial charge in [-0.15, -0.1) is 0 Å². The number of aliphatic hydroxyl groups is 1. The Morgan fingerprint density at radius 3 is 2.42 bits per heavy atom. The first-order valence-corrected chi connectivity index (χ1v) is 6.99. The summed E-state index contributed by atoms with van der Waals surface area (Å²) >= 11 is 0. The summed E-state index contributed by atoms with van der Waals surface area (Å²) in [6.45, 7) is 6.85. The Labute approximate surface area is 115 Å². The minimum Gasteiger partial charge on any atom is -0.491 e. The number of hydrogen-bond acceptors (Lipinski definition) is 3. The van der Waals surface area contributed by atoms with Crippen LogP contribution in [0.2, 0.25) is 0 Å². The van der Waals surface area contributed by atoms with Gasteiger partial charge in [-0.1, -0.05) is 39.0 Å². The van der Waals surface area contributed by atoms with E-state index in [-0.39, 0.29) is 12.0 Å². The maximum Gasteiger partial charge on any atom is 0.123 e. The first-order chi connectivity index (χ1) is 8.87. The molecule has 1 aliphatic carbocycles. The average molecular weight is 263 g/mol. The molecular weight excluding hydrogens is 238 g/mol. The van der Waals surface area contributed by atoms with Gasteiger partial charge in [0, 0.05) is 0 Å². The molecule has 0 amide bonds. The van der Waals surface area contributed by atoms with Crippen LogP contribution in [-0.2, 0) is 5.41 Å². The third kappa shape index (κ3) is 3.28. The fourth-order valence-electron chi connectivity index (χ4n) is 2.38. The Kier molecular flexibility index (Phi) is 3.88. The highest BCUT2D eigenvalue weighted by Crippen LogP contribution is 2.39. The normalized spacial score (nSPS) is 19.0.